The van der Waals surface area contributed by atoms with Gasteiger partial charge in [-0.3, -0.25) is 0 Å². The van der Waals surface area contributed by atoms with E-state index in [9.17, 15) is 0 Å². The molecular weight excluding hydrogens is 212 g/mol. The van der Waals surface area contributed by atoms with Gasteiger partial charge in [-0.1, -0.05) is 0 Å². The zero-order chi connectivity index (χ0) is 12.3. The maximum absolute atomic E-state index is 8.73. The fraction of sp³-hybridized carbons (Fsp3) is 0.154. The van der Waals surface area contributed by atoms with Gasteiger partial charge in [-0.25, -0.2) is 9.97 Å². The molecule has 1 heterocycles. The highest BCUT2D eigenvalue weighted by Crippen LogP contribution is 2.19. The van der Waals surface area contributed by atoms with E-state index in [1.54, 1.807) is 24.5 Å². The van der Waals surface area contributed by atoms with Gasteiger partial charge in [-0.05, 0) is 36.8 Å². The molecule has 1 aromatic carbocycles. The SMILES string of the molecule is Cc1cnc(N(C)c2ccc(C#N)cc2)nc1. The van der Waals surface area contributed by atoms with Gasteiger partial charge < -0.3 is 4.90 Å². The molecular formula is C13H12N4. The number of rotatable bonds is 2. The summed E-state index contributed by atoms with van der Waals surface area (Å²) in [5.41, 5.74) is 2.63. The summed E-state index contributed by atoms with van der Waals surface area (Å²) in [6.45, 7) is 1.95. The monoisotopic (exact) mass is 224 g/mol. The largest absolute Gasteiger partial charge is 0.314 e. The number of aromatic nitrogens is 2. The van der Waals surface area contributed by atoms with Crippen LogP contribution in [0.25, 0.3) is 0 Å². The summed E-state index contributed by atoms with van der Waals surface area (Å²) in [6, 6.07) is 9.40. The maximum Gasteiger partial charge on any atom is 0.229 e. The number of benzene rings is 1. The van der Waals surface area contributed by atoms with Gasteiger partial charge in [0, 0.05) is 25.1 Å². The number of hydrogen-bond acceptors (Lipinski definition) is 4. The Morgan fingerprint density at radius 2 is 1.71 bits per heavy atom. The summed E-state index contributed by atoms with van der Waals surface area (Å²) in [6.07, 6.45) is 3.56. The van der Waals surface area contributed by atoms with Gasteiger partial charge >= 0.3 is 0 Å². The third-order valence-electron chi connectivity index (χ3n) is 2.45. The third kappa shape index (κ3) is 2.40. The summed E-state index contributed by atoms with van der Waals surface area (Å²) >= 11 is 0. The molecule has 2 rings (SSSR count). The standard InChI is InChI=1S/C13H12N4/c1-10-8-15-13(16-9-10)17(2)12-5-3-11(7-14)4-6-12/h3-6,8-9H,1-2H3. The van der Waals surface area contributed by atoms with E-state index in [2.05, 4.69) is 16.0 Å². The average molecular weight is 224 g/mol. The van der Waals surface area contributed by atoms with Crippen LogP contribution in [0.5, 0.6) is 0 Å². The van der Waals surface area contributed by atoms with Gasteiger partial charge in [0.25, 0.3) is 0 Å². The number of hydrogen-bond donors (Lipinski definition) is 0. The second-order valence-electron chi connectivity index (χ2n) is 3.78. The van der Waals surface area contributed by atoms with Crippen LogP contribution >= 0.6 is 0 Å². The molecule has 17 heavy (non-hydrogen) atoms. The molecule has 0 bridgehead atoms. The molecule has 0 atom stereocenters. The van der Waals surface area contributed by atoms with Crippen molar-refractivity contribution in [2.45, 2.75) is 6.92 Å². The van der Waals surface area contributed by atoms with Crippen LogP contribution in [0.15, 0.2) is 36.7 Å². The molecule has 2 aromatic rings. The number of anilines is 2. The van der Waals surface area contributed by atoms with E-state index in [1.807, 2.05) is 31.0 Å². The molecule has 4 heteroatoms. The Balaban J connectivity index is 2.27. The Hall–Kier alpha value is -2.41. The molecule has 84 valence electrons. The van der Waals surface area contributed by atoms with Crippen LogP contribution in [-0.2, 0) is 0 Å². The molecule has 1 aromatic heterocycles. The molecule has 0 aliphatic rings. The molecule has 0 N–H and O–H groups in total. The highest BCUT2D eigenvalue weighted by Gasteiger charge is 2.05. The van der Waals surface area contributed by atoms with Crippen LogP contribution in [0.4, 0.5) is 11.6 Å². The normalized spacial score (nSPS) is 9.71. The predicted octanol–water partition coefficient (Wildman–Crippen LogP) is 2.42. The molecule has 0 amide bonds. The maximum atomic E-state index is 8.73. The van der Waals surface area contributed by atoms with Crippen molar-refractivity contribution in [3.63, 3.8) is 0 Å². The Labute approximate surface area is 100 Å². The fourth-order valence-electron chi connectivity index (χ4n) is 1.43. The van der Waals surface area contributed by atoms with Crippen LogP contribution < -0.4 is 4.90 Å². The van der Waals surface area contributed by atoms with Gasteiger partial charge in [-0.15, -0.1) is 0 Å². The van der Waals surface area contributed by atoms with E-state index in [4.69, 9.17) is 5.26 Å². The van der Waals surface area contributed by atoms with Crippen molar-refractivity contribution >= 4 is 11.6 Å². The van der Waals surface area contributed by atoms with Crippen molar-refractivity contribution in [1.82, 2.24) is 9.97 Å². The van der Waals surface area contributed by atoms with Crippen LogP contribution in [0.2, 0.25) is 0 Å². The lowest BCUT2D eigenvalue weighted by atomic mass is 10.2. The number of nitriles is 1. The zero-order valence-corrected chi connectivity index (χ0v) is 9.75. The Bertz CT molecular complexity index is 537. The second kappa shape index (κ2) is 4.62. The van der Waals surface area contributed by atoms with Crippen molar-refractivity contribution in [1.29, 1.82) is 5.26 Å². The molecule has 0 unspecified atom stereocenters. The lowest BCUT2D eigenvalue weighted by Crippen LogP contribution is -2.12. The van der Waals surface area contributed by atoms with Crippen LogP contribution in [0.3, 0.4) is 0 Å². The molecule has 0 radical (unpaired) electrons. The van der Waals surface area contributed by atoms with Gasteiger partial charge in [0.05, 0.1) is 11.6 Å². The van der Waals surface area contributed by atoms with Crippen molar-refractivity contribution in [3.05, 3.63) is 47.8 Å². The van der Waals surface area contributed by atoms with Gasteiger partial charge in [-0.2, -0.15) is 5.26 Å². The first kappa shape index (κ1) is 11.1. The Morgan fingerprint density at radius 1 is 1.12 bits per heavy atom. The van der Waals surface area contributed by atoms with Crippen molar-refractivity contribution in [3.8, 4) is 6.07 Å². The van der Waals surface area contributed by atoms with Crippen molar-refractivity contribution in [2.24, 2.45) is 0 Å². The quantitative estimate of drug-likeness (QED) is 0.786. The lowest BCUT2D eigenvalue weighted by Gasteiger charge is -2.16. The van der Waals surface area contributed by atoms with E-state index in [0.717, 1.165) is 11.3 Å². The van der Waals surface area contributed by atoms with Crippen molar-refractivity contribution < 1.29 is 0 Å². The number of nitrogens with zero attached hydrogens (tertiary/aromatic N) is 4. The van der Waals surface area contributed by atoms with Gasteiger partial charge in [0.2, 0.25) is 5.95 Å². The number of aryl methyl sites for hydroxylation is 1. The Kier molecular flexibility index (Phi) is 3.01. The van der Waals surface area contributed by atoms with Crippen molar-refractivity contribution in [2.75, 3.05) is 11.9 Å². The molecule has 0 fully saturated rings. The summed E-state index contributed by atoms with van der Waals surface area (Å²) < 4.78 is 0. The van der Waals surface area contributed by atoms with E-state index in [1.165, 1.54) is 0 Å². The highest BCUT2D eigenvalue weighted by atomic mass is 15.2. The van der Waals surface area contributed by atoms with E-state index in [0.29, 0.717) is 11.5 Å². The fourth-order valence-corrected chi connectivity index (χ4v) is 1.43. The average Bonchev–Trinajstić information content (AvgIpc) is 2.39. The molecule has 0 saturated heterocycles. The second-order valence-corrected chi connectivity index (χ2v) is 3.78. The summed E-state index contributed by atoms with van der Waals surface area (Å²) in [4.78, 5) is 10.4. The summed E-state index contributed by atoms with van der Waals surface area (Å²) in [7, 11) is 1.89. The van der Waals surface area contributed by atoms with E-state index in [-0.39, 0.29) is 0 Å². The first-order valence-electron chi connectivity index (χ1n) is 5.23. The molecule has 4 nitrogen and oxygen atoms in total. The molecule has 0 spiro atoms. The highest BCUT2D eigenvalue weighted by molar-refractivity contribution is 5.57. The van der Waals surface area contributed by atoms with E-state index >= 15 is 0 Å². The predicted molar refractivity (Wildman–Crippen MR) is 66.0 cm³/mol. The first-order valence-corrected chi connectivity index (χ1v) is 5.23. The topological polar surface area (TPSA) is 52.8 Å². The van der Waals surface area contributed by atoms with Crippen LogP contribution in [0, 0.1) is 18.3 Å². The van der Waals surface area contributed by atoms with Crippen LogP contribution in [0.1, 0.15) is 11.1 Å². The summed E-state index contributed by atoms with van der Waals surface area (Å²) in [5, 5.41) is 8.73. The van der Waals surface area contributed by atoms with E-state index < -0.39 is 0 Å². The molecule has 0 aliphatic carbocycles. The summed E-state index contributed by atoms with van der Waals surface area (Å²) in [5.74, 6) is 0.639. The van der Waals surface area contributed by atoms with Gasteiger partial charge in [0.15, 0.2) is 0 Å². The minimum atomic E-state index is 0.639. The third-order valence-corrected chi connectivity index (χ3v) is 2.45. The minimum absolute atomic E-state index is 0.639. The Morgan fingerprint density at radius 3 is 2.24 bits per heavy atom. The molecule has 0 saturated carbocycles. The molecule has 0 aliphatic heterocycles. The zero-order valence-electron chi connectivity index (χ0n) is 9.75. The van der Waals surface area contributed by atoms with Gasteiger partial charge in [0.1, 0.15) is 0 Å². The smallest absolute Gasteiger partial charge is 0.229 e. The first-order chi connectivity index (χ1) is 8.20. The minimum Gasteiger partial charge on any atom is -0.314 e. The van der Waals surface area contributed by atoms with Crippen LogP contribution in [-0.4, -0.2) is 17.0 Å². The lowest BCUT2D eigenvalue weighted by molar-refractivity contribution is 1.03.